The Balaban J connectivity index is 1.34. The van der Waals surface area contributed by atoms with Crippen molar-refractivity contribution in [3.8, 4) is 11.5 Å². The second-order valence-electron chi connectivity index (χ2n) is 10.3. The number of nitrogens with zero attached hydrogens (tertiary/aromatic N) is 3. The van der Waals surface area contributed by atoms with Crippen molar-refractivity contribution in [2.24, 2.45) is 0 Å². The third-order valence-electron chi connectivity index (χ3n) is 7.27. The lowest BCUT2D eigenvalue weighted by atomic mass is 10.00. The number of amides is 3. The van der Waals surface area contributed by atoms with E-state index in [1.54, 1.807) is 35.3 Å². The van der Waals surface area contributed by atoms with Crippen LogP contribution in [0.1, 0.15) is 34.7 Å². The molecule has 5 rings (SSSR count). The summed E-state index contributed by atoms with van der Waals surface area (Å²) in [7, 11) is 0. The van der Waals surface area contributed by atoms with Gasteiger partial charge in [0.1, 0.15) is 13.2 Å². The summed E-state index contributed by atoms with van der Waals surface area (Å²) in [6.45, 7) is 6.73. The fraction of sp³-hybridized carbons (Fsp3) is 0.242. The summed E-state index contributed by atoms with van der Waals surface area (Å²) in [5, 5.41) is 10.7. The SMILES string of the molecule is C=CCc1cc(/C=C2\SC(=O)N(CC(=O)N3CCc4ccccc4C3)C2=O)cc(OCC)c1OCc1cccc([N+](=O)[O-])c1. The minimum absolute atomic E-state index is 0.0327. The summed E-state index contributed by atoms with van der Waals surface area (Å²) in [5.41, 5.74) is 4.19. The zero-order valence-corrected chi connectivity index (χ0v) is 25.0. The first-order chi connectivity index (χ1) is 21.3. The Kier molecular flexibility index (Phi) is 9.44. The van der Waals surface area contributed by atoms with E-state index in [1.165, 1.54) is 17.7 Å². The molecule has 3 aromatic rings. The fourth-order valence-corrected chi connectivity index (χ4v) is 5.99. The first-order valence-corrected chi connectivity index (χ1v) is 15.0. The van der Waals surface area contributed by atoms with Gasteiger partial charge >= 0.3 is 0 Å². The number of thioether (sulfide) groups is 1. The van der Waals surface area contributed by atoms with Crippen molar-refractivity contribution in [1.29, 1.82) is 0 Å². The van der Waals surface area contributed by atoms with Crippen LogP contribution in [0.5, 0.6) is 11.5 Å². The molecule has 44 heavy (non-hydrogen) atoms. The van der Waals surface area contributed by atoms with E-state index < -0.39 is 16.1 Å². The Hall–Kier alpha value is -4.90. The first-order valence-electron chi connectivity index (χ1n) is 14.1. The monoisotopic (exact) mass is 613 g/mol. The number of nitro groups is 1. The van der Waals surface area contributed by atoms with Gasteiger partial charge in [-0.1, -0.05) is 42.5 Å². The van der Waals surface area contributed by atoms with Gasteiger partial charge in [-0.2, -0.15) is 0 Å². The molecule has 2 aliphatic heterocycles. The molecular formula is C33H31N3O7S. The van der Waals surface area contributed by atoms with Crippen LogP contribution in [-0.4, -0.2) is 51.5 Å². The normalized spacial score (nSPS) is 15.3. The summed E-state index contributed by atoms with van der Waals surface area (Å²) < 4.78 is 12.0. The number of hydrogen-bond donors (Lipinski definition) is 0. The molecule has 11 heteroatoms. The van der Waals surface area contributed by atoms with E-state index in [0.717, 1.165) is 34.2 Å². The van der Waals surface area contributed by atoms with Crippen LogP contribution in [0, 0.1) is 10.1 Å². The molecule has 0 bridgehead atoms. The Morgan fingerprint density at radius 2 is 1.89 bits per heavy atom. The molecule has 226 valence electrons. The first kappa shape index (κ1) is 30.6. The molecule has 0 aromatic heterocycles. The second kappa shape index (κ2) is 13.6. The lowest BCUT2D eigenvalue weighted by Crippen LogP contribution is -2.44. The number of allylic oxidation sites excluding steroid dienone is 1. The highest BCUT2D eigenvalue weighted by atomic mass is 32.2. The van der Waals surface area contributed by atoms with Gasteiger partial charge < -0.3 is 14.4 Å². The van der Waals surface area contributed by atoms with Crippen LogP contribution in [0.4, 0.5) is 10.5 Å². The van der Waals surface area contributed by atoms with Gasteiger partial charge in [0.2, 0.25) is 5.91 Å². The molecule has 0 saturated carbocycles. The Bertz CT molecular complexity index is 1670. The van der Waals surface area contributed by atoms with E-state index in [4.69, 9.17) is 9.47 Å². The minimum Gasteiger partial charge on any atom is -0.490 e. The van der Waals surface area contributed by atoms with Crippen molar-refractivity contribution in [3.63, 3.8) is 0 Å². The summed E-state index contributed by atoms with van der Waals surface area (Å²) in [4.78, 5) is 52.8. The standard InChI is InChI=1S/C33H31N3O7S/c1-3-8-25-15-23(17-28(42-4-2)31(25)43-21-22-9-7-12-27(16-22)36(40)41)18-29-32(38)35(33(39)44-29)20-30(37)34-14-13-24-10-5-6-11-26(24)19-34/h3,5-7,9-12,15-18H,1,4,8,13-14,19-21H2,2H3/b29-18-. The summed E-state index contributed by atoms with van der Waals surface area (Å²) in [5.74, 6) is 0.0701. The van der Waals surface area contributed by atoms with Crippen molar-refractivity contribution in [2.45, 2.75) is 32.9 Å². The minimum atomic E-state index is -0.528. The third kappa shape index (κ3) is 6.84. The Morgan fingerprint density at radius 3 is 2.64 bits per heavy atom. The quantitative estimate of drug-likeness (QED) is 0.113. The highest BCUT2D eigenvalue weighted by Crippen LogP contribution is 2.38. The number of carbonyl (C=O) groups excluding carboxylic acids is 3. The van der Waals surface area contributed by atoms with Gasteiger partial charge in [0.15, 0.2) is 11.5 Å². The highest BCUT2D eigenvalue weighted by molar-refractivity contribution is 8.18. The van der Waals surface area contributed by atoms with E-state index in [1.807, 2.05) is 37.3 Å². The maximum Gasteiger partial charge on any atom is 0.294 e. The molecule has 3 aromatic carbocycles. The topological polar surface area (TPSA) is 119 Å². The van der Waals surface area contributed by atoms with Crippen molar-refractivity contribution < 1.29 is 28.8 Å². The molecule has 2 heterocycles. The molecule has 0 radical (unpaired) electrons. The Labute approximate surface area is 259 Å². The summed E-state index contributed by atoms with van der Waals surface area (Å²) in [6.07, 6.45) is 4.45. The summed E-state index contributed by atoms with van der Waals surface area (Å²) >= 11 is 0.788. The van der Waals surface area contributed by atoms with Crippen LogP contribution in [0.3, 0.4) is 0 Å². The predicted octanol–water partition coefficient (Wildman–Crippen LogP) is 5.92. The molecule has 2 aliphatic rings. The zero-order valence-electron chi connectivity index (χ0n) is 24.2. The molecular weight excluding hydrogens is 582 g/mol. The molecule has 0 N–H and O–H groups in total. The van der Waals surface area contributed by atoms with Crippen molar-refractivity contribution in [1.82, 2.24) is 9.80 Å². The largest absolute Gasteiger partial charge is 0.490 e. The zero-order chi connectivity index (χ0) is 31.2. The number of imide groups is 1. The van der Waals surface area contributed by atoms with Crippen LogP contribution < -0.4 is 9.47 Å². The number of fused-ring (bicyclic) bond motifs is 1. The summed E-state index contributed by atoms with van der Waals surface area (Å²) in [6, 6.07) is 17.7. The van der Waals surface area contributed by atoms with Crippen molar-refractivity contribution in [3.05, 3.63) is 116 Å². The molecule has 0 spiro atoms. The fourth-order valence-electron chi connectivity index (χ4n) is 5.15. The van der Waals surface area contributed by atoms with Gasteiger partial charge in [0.25, 0.3) is 16.8 Å². The lowest BCUT2D eigenvalue weighted by Gasteiger charge is -2.29. The molecule has 0 unspecified atom stereocenters. The number of hydrogen-bond acceptors (Lipinski definition) is 8. The number of rotatable bonds is 11. The van der Waals surface area contributed by atoms with E-state index in [-0.39, 0.29) is 29.7 Å². The number of ether oxygens (including phenoxy) is 2. The van der Waals surface area contributed by atoms with Crippen LogP contribution in [0.2, 0.25) is 0 Å². The van der Waals surface area contributed by atoms with Crippen molar-refractivity contribution in [2.75, 3.05) is 19.7 Å². The van der Waals surface area contributed by atoms with Gasteiger partial charge in [-0.05, 0) is 72.0 Å². The molecule has 1 fully saturated rings. The number of non-ortho nitro benzene ring substituents is 1. The average Bonchev–Trinajstić information content (AvgIpc) is 3.27. The molecule has 0 aliphatic carbocycles. The van der Waals surface area contributed by atoms with Gasteiger partial charge in [-0.3, -0.25) is 29.4 Å². The third-order valence-corrected chi connectivity index (χ3v) is 8.18. The van der Waals surface area contributed by atoms with Crippen LogP contribution in [-0.2, 0) is 35.6 Å². The molecule has 0 atom stereocenters. The maximum atomic E-state index is 13.3. The van der Waals surface area contributed by atoms with E-state index in [0.29, 0.717) is 48.7 Å². The number of nitro benzene ring substituents is 1. The van der Waals surface area contributed by atoms with Gasteiger partial charge in [-0.15, -0.1) is 6.58 Å². The van der Waals surface area contributed by atoms with Gasteiger partial charge in [0, 0.05) is 30.8 Å². The van der Waals surface area contributed by atoms with Gasteiger partial charge in [0.05, 0.1) is 16.4 Å². The van der Waals surface area contributed by atoms with Crippen LogP contribution in [0.15, 0.2) is 78.2 Å². The Morgan fingerprint density at radius 1 is 1.09 bits per heavy atom. The number of benzene rings is 3. The number of carbonyl (C=O) groups is 3. The van der Waals surface area contributed by atoms with Crippen LogP contribution >= 0.6 is 11.8 Å². The predicted molar refractivity (Wildman–Crippen MR) is 167 cm³/mol. The molecule has 3 amide bonds. The van der Waals surface area contributed by atoms with Crippen molar-refractivity contribution >= 4 is 40.6 Å². The smallest absolute Gasteiger partial charge is 0.294 e. The second-order valence-corrected chi connectivity index (χ2v) is 11.2. The van der Waals surface area contributed by atoms with E-state index in [2.05, 4.69) is 6.58 Å². The van der Waals surface area contributed by atoms with Crippen LogP contribution in [0.25, 0.3) is 6.08 Å². The van der Waals surface area contributed by atoms with E-state index in [9.17, 15) is 24.5 Å². The lowest BCUT2D eigenvalue weighted by molar-refractivity contribution is -0.384. The average molecular weight is 614 g/mol. The molecule has 10 nitrogen and oxygen atoms in total. The maximum absolute atomic E-state index is 13.3. The highest BCUT2D eigenvalue weighted by Gasteiger charge is 2.37. The van der Waals surface area contributed by atoms with E-state index >= 15 is 0 Å². The van der Waals surface area contributed by atoms with Gasteiger partial charge in [-0.25, -0.2) is 0 Å². The molecule has 1 saturated heterocycles.